The number of halogens is 1. The topological polar surface area (TPSA) is 64.7 Å². The lowest BCUT2D eigenvalue weighted by Crippen LogP contribution is -2.07. The Bertz CT molecular complexity index is 1220. The summed E-state index contributed by atoms with van der Waals surface area (Å²) in [5, 5.41) is 7.12. The Morgan fingerprint density at radius 2 is 1.87 bits per heavy atom. The van der Waals surface area contributed by atoms with E-state index in [1.54, 1.807) is 35.4 Å². The number of hydrogen-bond acceptors (Lipinski definition) is 3. The molecule has 0 aliphatic heterocycles. The van der Waals surface area contributed by atoms with Crippen LogP contribution in [0.3, 0.4) is 0 Å². The molecular weight excluding hydrogens is 393 g/mol. The molecule has 0 radical (unpaired) electrons. The number of imidazole rings is 1. The second kappa shape index (κ2) is 8.79. The standard InChI is InChI=1S/C24H22FN5O/c1-17-14-30(16-26-17)15-18-3-10-22(11-4-18)28-23(31)12-7-20-13-27-29(2)24(20)19-5-8-21(25)9-6-19/h3-14,16H,15H2,1-2H3,(H,28,31)/b12-7+. The molecule has 2 aromatic heterocycles. The first-order valence-corrected chi connectivity index (χ1v) is 9.82. The molecule has 0 aliphatic carbocycles. The van der Waals surface area contributed by atoms with Gasteiger partial charge in [-0.15, -0.1) is 0 Å². The van der Waals surface area contributed by atoms with Crippen molar-refractivity contribution in [2.45, 2.75) is 13.5 Å². The van der Waals surface area contributed by atoms with Crippen LogP contribution in [0.4, 0.5) is 10.1 Å². The molecule has 0 bridgehead atoms. The molecule has 0 spiro atoms. The van der Waals surface area contributed by atoms with Gasteiger partial charge in [-0.1, -0.05) is 12.1 Å². The molecule has 2 heterocycles. The van der Waals surface area contributed by atoms with Gasteiger partial charge in [0, 0.05) is 42.7 Å². The number of aromatic nitrogens is 4. The Hall–Kier alpha value is -4.00. The van der Waals surface area contributed by atoms with E-state index in [0.717, 1.165) is 34.6 Å². The van der Waals surface area contributed by atoms with Gasteiger partial charge in [-0.05, 0) is 55.0 Å². The number of carbonyl (C=O) groups excluding carboxylic acids is 1. The number of rotatable bonds is 6. The molecule has 2 aromatic carbocycles. The van der Waals surface area contributed by atoms with Crippen LogP contribution in [0.2, 0.25) is 0 Å². The molecule has 156 valence electrons. The van der Waals surface area contributed by atoms with Gasteiger partial charge in [0.2, 0.25) is 5.91 Å². The van der Waals surface area contributed by atoms with Crippen LogP contribution in [0.15, 0.2) is 73.3 Å². The SMILES string of the molecule is Cc1cn(Cc2ccc(NC(=O)/C=C/c3cnn(C)c3-c3ccc(F)cc3)cc2)cn1. The summed E-state index contributed by atoms with van der Waals surface area (Å²) < 4.78 is 16.9. The quantitative estimate of drug-likeness (QED) is 0.474. The lowest BCUT2D eigenvalue weighted by atomic mass is 10.1. The molecular formula is C24H22FN5O. The maximum Gasteiger partial charge on any atom is 0.248 e. The van der Waals surface area contributed by atoms with Crippen molar-refractivity contribution in [3.63, 3.8) is 0 Å². The van der Waals surface area contributed by atoms with Gasteiger partial charge in [-0.3, -0.25) is 9.48 Å². The minimum Gasteiger partial charge on any atom is -0.333 e. The molecule has 4 rings (SSSR count). The maximum absolute atomic E-state index is 13.2. The zero-order valence-electron chi connectivity index (χ0n) is 17.3. The van der Waals surface area contributed by atoms with Gasteiger partial charge < -0.3 is 9.88 Å². The van der Waals surface area contributed by atoms with Crippen LogP contribution in [-0.2, 0) is 18.4 Å². The Morgan fingerprint density at radius 1 is 1.13 bits per heavy atom. The van der Waals surface area contributed by atoms with Gasteiger partial charge in [0.15, 0.2) is 0 Å². The third-order valence-corrected chi connectivity index (χ3v) is 4.85. The van der Waals surface area contributed by atoms with Crippen molar-refractivity contribution in [2.75, 3.05) is 5.32 Å². The van der Waals surface area contributed by atoms with Crippen LogP contribution in [-0.4, -0.2) is 25.2 Å². The number of carbonyl (C=O) groups is 1. The summed E-state index contributed by atoms with van der Waals surface area (Å²) in [6.07, 6.45) is 8.63. The van der Waals surface area contributed by atoms with Gasteiger partial charge in [-0.25, -0.2) is 9.37 Å². The predicted molar refractivity (Wildman–Crippen MR) is 119 cm³/mol. The average molecular weight is 415 g/mol. The van der Waals surface area contributed by atoms with Crippen molar-refractivity contribution in [3.05, 3.63) is 96.0 Å². The number of nitrogens with one attached hydrogen (secondary N) is 1. The van der Waals surface area contributed by atoms with E-state index in [9.17, 15) is 9.18 Å². The van der Waals surface area contributed by atoms with E-state index in [-0.39, 0.29) is 11.7 Å². The summed E-state index contributed by atoms with van der Waals surface area (Å²) in [6, 6.07) is 13.9. The van der Waals surface area contributed by atoms with Crippen LogP contribution in [0, 0.1) is 12.7 Å². The number of hydrogen-bond donors (Lipinski definition) is 1. The van der Waals surface area contributed by atoms with Crippen molar-refractivity contribution >= 4 is 17.7 Å². The molecule has 7 heteroatoms. The van der Waals surface area contributed by atoms with Crippen molar-refractivity contribution in [1.82, 2.24) is 19.3 Å². The van der Waals surface area contributed by atoms with Gasteiger partial charge in [-0.2, -0.15) is 5.10 Å². The lowest BCUT2D eigenvalue weighted by molar-refractivity contribution is -0.111. The van der Waals surface area contributed by atoms with Crippen LogP contribution >= 0.6 is 0 Å². The Labute approximate surface area is 179 Å². The predicted octanol–water partition coefficient (Wildman–Crippen LogP) is 4.43. The minimum absolute atomic E-state index is 0.244. The third kappa shape index (κ3) is 4.95. The first-order chi connectivity index (χ1) is 15.0. The largest absolute Gasteiger partial charge is 0.333 e. The fourth-order valence-corrected chi connectivity index (χ4v) is 3.35. The Balaban J connectivity index is 1.41. The van der Waals surface area contributed by atoms with Crippen molar-refractivity contribution in [1.29, 1.82) is 0 Å². The fourth-order valence-electron chi connectivity index (χ4n) is 3.35. The highest BCUT2D eigenvalue weighted by Gasteiger charge is 2.09. The molecule has 1 amide bonds. The molecule has 4 aromatic rings. The van der Waals surface area contributed by atoms with Crippen LogP contribution in [0.1, 0.15) is 16.8 Å². The molecule has 0 fully saturated rings. The summed E-state index contributed by atoms with van der Waals surface area (Å²) in [6.45, 7) is 2.68. The molecule has 0 unspecified atom stereocenters. The normalized spacial score (nSPS) is 11.2. The van der Waals surface area contributed by atoms with Crippen molar-refractivity contribution in [3.8, 4) is 11.3 Å². The molecule has 31 heavy (non-hydrogen) atoms. The highest BCUT2D eigenvalue weighted by molar-refractivity contribution is 6.02. The Morgan fingerprint density at radius 3 is 2.55 bits per heavy atom. The molecule has 0 aliphatic rings. The smallest absolute Gasteiger partial charge is 0.248 e. The van der Waals surface area contributed by atoms with Crippen molar-refractivity contribution in [2.24, 2.45) is 7.05 Å². The molecule has 1 N–H and O–H groups in total. The highest BCUT2D eigenvalue weighted by atomic mass is 19.1. The molecule has 0 atom stereocenters. The minimum atomic E-state index is -0.298. The van der Waals surface area contributed by atoms with E-state index in [4.69, 9.17) is 0 Å². The van der Waals surface area contributed by atoms with Crippen LogP contribution in [0.25, 0.3) is 17.3 Å². The third-order valence-electron chi connectivity index (χ3n) is 4.85. The van der Waals surface area contributed by atoms with Gasteiger partial charge in [0.05, 0.1) is 23.9 Å². The monoisotopic (exact) mass is 415 g/mol. The van der Waals surface area contributed by atoms with E-state index in [0.29, 0.717) is 5.69 Å². The summed E-state index contributed by atoms with van der Waals surface area (Å²) in [5.41, 5.74) is 5.21. The summed E-state index contributed by atoms with van der Waals surface area (Å²) in [4.78, 5) is 16.6. The maximum atomic E-state index is 13.2. The molecule has 0 saturated carbocycles. The lowest BCUT2D eigenvalue weighted by Gasteiger charge is -2.06. The fraction of sp³-hybridized carbons (Fsp3) is 0.125. The van der Waals surface area contributed by atoms with E-state index in [1.807, 2.05) is 49.0 Å². The number of nitrogens with zero attached hydrogens (tertiary/aromatic N) is 4. The summed E-state index contributed by atoms with van der Waals surface area (Å²) in [5.74, 6) is -0.541. The van der Waals surface area contributed by atoms with Gasteiger partial charge in [0.1, 0.15) is 5.82 Å². The second-order valence-corrected chi connectivity index (χ2v) is 7.29. The number of anilines is 1. The van der Waals surface area contributed by atoms with Crippen molar-refractivity contribution < 1.29 is 9.18 Å². The van der Waals surface area contributed by atoms with Gasteiger partial charge in [0.25, 0.3) is 0 Å². The van der Waals surface area contributed by atoms with Gasteiger partial charge >= 0.3 is 0 Å². The number of amides is 1. The Kier molecular flexibility index (Phi) is 5.75. The van der Waals surface area contributed by atoms with E-state index in [1.165, 1.54) is 18.2 Å². The number of benzene rings is 2. The second-order valence-electron chi connectivity index (χ2n) is 7.29. The average Bonchev–Trinajstić information content (AvgIpc) is 3.33. The first-order valence-electron chi connectivity index (χ1n) is 9.82. The molecule has 6 nitrogen and oxygen atoms in total. The number of aryl methyl sites for hydroxylation is 2. The van der Waals surface area contributed by atoms with E-state index < -0.39 is 0 Å². The zero-order valence-corrected chi connectivity index (χ0v) is 17.3. The van der Waals surface area contributed by atoms with E-state index >= 15 is 0 Å². The summed E-state index contributed by atoms with van der Waals surface area (Å²) >= 11 is 0. The van der Waals surface area contributed by atoms with Crippen LogP contribution in [0.5, 0.6) is 0 Å². The van der Waals surface area contributed by atoms with E-state index in [2.05, 4.69) is 15.4 Å². The highest BCUT2D eigenvalue weighted by Crippen LogP contribution is 2.24. The summed E-state index contributed by atoms with van der Waals surface area (Å²) in [7, 11) is 1.81. The first kappa shape index (κ1) is 20.3. The molecule has 0 saturated heterocycles. The zero-order chi connectivity index (χ0) is 21.8. The van der Waals surface area contributed by atoms with Crippen LogP contribution < -0.4 is 5.32 Å².